The average Bonchev–Trinajstić information content (AvgIpc) is 2.67. The molecule has 1 heterocycles. The molecule has 1 N–H and O–H groups in total. The third kappa shape index (κ3) is 2.11. The molecule has 18 heavy (non-hydrogen) atoms. The molecule has 1 aromatic rings. The lowest BCUT2D eigenvalue weighted by Gasteiger charge is -2.04. The van der Waals surface area contributed by atoms with Gasteiger partial charge >= 0.3 is 0 Å². The first-order valence-corrected chi connectivity index (χ1v) is 7.46. The summed E-state index contributed by atoms with van der Waals surface area (Å²) in [5, 5.41) is 13.3. The van der Waals surface area contributed by atoms with E-state index in [4.69, 9.17) is 0 Å². The van der Waals surface area contributed by atoms with Crippen LogP contribution in [0.4, 0.5) is 11.4 Å². The molecule has 0 fully saturated rings. The first kappa shape index (κ1) is 13.0. The summed E-state index contributed by atoms with van der Waals surface area (Å²) in [4.78, 5) is 22.1. The zero-order valence-electron chi connectivity index (χ0n) is 9.72. The van der Waals surface area contributed by atoms with Gasteiger partial charge in [0.05, 0.1) is 20.4 Å². The zero-order valence-corrected chi connectivity index (χ0v) is 11.4. The molecule has 1 aromatic carbocycles. The van der Waals surface area contributed by atoms with Crippen LogP contribution in [-0.4, -0.2) is 23.3 Å². The molecular formula is C11H10N2O3S2. The number of amides is 1. The Morgan fingerprint density at radius 2 is 2.00 bits per heavy atom. The summed E-state index contributed by atoms with van der Waals surface area (Å²) in [6, 6.07) is 4.42. The lowest BCUT2D eigenvalue weighted by molar-refractivity contribution is -0.384. The number of nitrogens with zero attached hydrogens (tertiary/aromatic N) is 1. The number of nitro benzene ring substituents is 1. The van der Waals surface area contributed by atoms with Crippen LogP contribution in [0.15, 0.2) is 22.4 Å². The van der Waals surface area contributed by atoms with Crippen LogP contribution in [0.5, 0.6) is 0 Å². The van der Waals surface area contributed by atoms with E-state index < -0.39 is 4.92 Å². The second-order valence-corrected chi connectivity index (χ2v) is 5.40. The molecule has 5 nitrogen and oxygen atoms in total. The van der Waals surface area contributed by atoms with Gasteiger partial charge in [-0.15, -0.1) is 23.5 Å². The highest BCUT2D eigenvalue weighted by atomic mass is 32.2. The van der Waals surface area contributed by atoms with Crippen molar-refractivity contribution >= 4 is 46.4 Å². The van der Waals surface area contributed by atoms with Gasteiger partial charge in [0, 0.05) is 17.7 Å². The van der Waals surface area contributed by atoms with Crippen molar-refractivity contribution in [2.45, 2.75) is 0 Å². The summed E-state index contributed by atoms with van der Waals surface area (Å²) >= 11 is 2.99. The zero-order chi connectivity index (χ0) is 13.3. The smallest absolute Gasteiger partial charge is 0.271 e. The van der Waals surface area contributed by atoms with Crippen LogP contribution in [0.1, 0.15) is 5.56 Å². The number of carbonyl (C=O) groups is 1. The first-order valence-electron chi connectivity index (χ1n) is 5.01. The van der Waals surface area contributed by atoms with E-state index in [9.17, 15) is 14.9 Å². The number of benzene rings is 1. The molecule has 7 heteroatoms. The molecule has 0 saturated heterocycles. The Labute approximate surface area is 112 Å². The lowest BCUT2D eigenvalue weighted by Crippen LogP contribution is -2.04. The number of anilines is 1. The van der Waals surface area contributed by atoms with E-state index in [1.165, 1.54) is 35.7 Å². The Bertz CT molecular complexity index is 563. The number of hydrogen-bond acceptors (Lipinski definition) is 5. The van der Waals surface area contributed by atoms with Crippen LogP contribution in [0.2, 0.25) is 0 Å². The van der Waals surface area contributed by atoms with Gasteiger partial charge in [-0.3, -0.25) is 14.9 Å². The molecule has 0 aliphatic carbocycles. The van der Waals surface area contributed by atoms with Gasteiger partial charge in [0.2, 0.25) is 0 Å². The maximum Gasteiger partial charge on any atom is 0.271 e. The van der Waals surface area contributed by atoms with E-state index >= 15 is 0 Å². The first-order chi connectivity index (χ1) is 8.58. The molecule has 0 spiro atoms. The van der Waals surface area contributed by atoms with Gasteiger partial charge in [0.1, 0.15) is 0 Å². The fourth-order valence-corrected chi connectivity index (χ4v) is 3.24. The van der Waals surface area contributed by atoms with E-state index in [0.29, 0.717) is 11.3 Å². The topological polar surface area (TPSA) is 72.2 Å². The van der Waals surface area contributed by atoms with Crippen LogP contribution in [0.3, 0.4) is 0 Å². The Morgan fingerprint density at radius 3 is 2.56 bits per heavy atom. The van der Waals surface area contributed by atoms with Gasteiger partial charge in [-0.05, 0) is 18.6 Å². The average molecular weight is 282 g/mol. The highest BCUT2D eigenvalue weighted by Crippen LogP contribution is 2.41. The molecule has 1 amide bonds. The number of thioether (sulfide) groups is 2. The highest BCUT2D eigenvalue weighted by molar-refractivity contribution is 8.22. The van der Waals surface area contributed by atoms with Crippen LogP contribution in [0.25, 0.3) is 5.57 Å². The molecule has 1 aliphatic rings. The molecule has 0 unspecified atom stereocenters. The molecular weight excluding hydrogens is 272 g/mol. The number of hydrogen-bond donors (Lipinski definition) is 1. The maximum atomic E-state index is 11.9. The number of fused-ring (bicyclic) bond motifs is 1. The van der Waals surface area contributed by atoms with E-state index in [2.05, 4.69) is 5.32 Å². The van der Waals surface area contributed by atoms with E-state index in [1.807, 2.05) is 12.5 Å². The number of nitrogens with one attached hydrogen (secondary N) is 1. The number of carbonyl (C=O) groups excluding carboxylic acids is 1. The highest BCUT2D eigenvalue weighted by Gasteiger charge is 2.28. The van der Waals surface area contributed by atoms with Crippen LogP contribution in [-0.2, 0) is 4.79 Å². The summed E-state index contributed by atoms with van der Waals surface area (Å²) in [7, 11) is 0. The van der Waals surface area contributed by atoms with Crippen molar-refractivity contribution in [3.8, 4) is 0 Å². The van der Waals surface area contributed by atoms with Gasteiger partial charge in [-0.25, -0.2) is 0 Å². The monoisotopic (exact) mass is 282 g/mol. The van der Waals surface area contributed by atoms with Crippen molar-refractivity contribution in [2.75, 3.05) is 17.8 Å². The van der Waals surface area contributed by atoms with Crippen LogP contribution >= 0.6 is 23.5 Å². The standard InChI is InChI=1S/C11H10N2O3S2/c1-17-11(18-2)9-7-4-3-6(13(15)16)5-8(7)12-10(9)14/h3-5H,1-2H3,(H,12,14). The molecule has 0 saturated carbocycles. The second kappa shape index (κ2) is 5.03. The normalized spacial score (nSPS) is 13.2. The van der Waals surface area contributed by atoms with Gasteiger partial charge < -0.3 is 5.32 Å². The molecule has 0 radical (unpaired) electrons. The minimum absolute atomic E-state index is 0.0230. The van der Waals surface area contributed by atoms with Crippen LogP contribution < -0.4 is 5.32 Å². The molecule has 94 valence electrons. The van der Waals surface area contributed by atoms with E-state index in [1.54, 1.807) is 6.07 Å². The summed E-state index contributed by atoms with van der Waals surface area (Å²) in [6.07, 6.45) is 3.80. The second-order valence-electron chi connectivity index (χ2n) is 3.51. The minimum Gasteiger partial charge on any atom is -0.321 e. The number of rotatable bonds is 3. The summed E-state index contributed by atoms with van der Waals surface area (Å²) < 4.78 is 0.903. The minimum atomic E-state index is -0.474. The SMILES string of the molecule is CSC(SC)=C1C(=O)Nc2cc([N+](=O)[O-])ccc21. The van der Waals surface area contributed by atoms with Gasteiger partial charge in [0.15, 0.2) is 0 Å². The third-order valence-corrected chi connectivity index (χ3v) is 4.68. The maximum absolute atomic E-state index is 11.9. The predicted octanol–water partition coefficient (Wildman–Crippen LogP) is 2.94. The number of nitro groups is 1. The summed E-state index contributed by atoms with van der Waals surface area (Å²) in [6.45, 7) is 0. The van der Waals surface area contributed by atoms with Crippen molar-refractivity contribution in [1.29, 1.82) is 0 Å². The van der Waals surface area contributed by atoms with E-state index in [-0.39, 0.29) is 11.6 Å². The van der Waals surface area contributed by atoms with Crippen molar-refractivity contribution in [1.82, 2.24) is 0 Å². The third-order valence-electron chi connectivity index (χ3n) is 2.53. The largest absolute Gasteiger partial charge is 0.321 e. The van der Waals surface area contributed by atoms with Crippen molar-refractivity contribution < 1.29 is 9.72 Å². The van der Waals surface area contributed by atoms with Crippen molar-refractivity contribution in [3.63, 3.8) is 0 Å². The Hall–Kier alpha value is -1.47. The summed E-state index contributed by atoms with van der Waals surface area (Å²) in [5.74, 6) is -0.204. The molecule has 2 rings (SSSR count). The lowest BCUT2D eigenvalue weighted by atomic mass is 10.1. The molecule has 0 atom stereocenters. The quantitative estimate of drug-likeness (QED) is 0.524. The predicted molar refractivity (Wildman–Crippen MR) is 75.7 cm³/mol. The Morgan fingerprint density at radius 1 is 1.33 bits per heavy atom. The van der Waals surface area contributed by atoms with Gasteiger partial charge in [-0.1, -0.05) is 0 Å². The van der Waals surface area contributed by atoms with Crippen molar-refractivity contribution in [2.24, 2.45) is 0 Å². The van der Waals surface area contributed by atoms with Crippen LogP contribution in [0, 0.1) is 10.1 Å². The fourth-order valence-electron chi connectivity index (χ4n) is 1.76. The molecule has 0 aromatic heterocycles. The Kier molecular flexibility index (Phi) is 3.63. The molecule has 0 bridgehead atoms. The van der Waals surface area contributed by atoms with Crippen molar-refractivity contribution in [3.05, 3.63) is 38.1 Å². The summed E-state index contributed by atoms with van der Waals surface area (Å²) in [5.41, 5.74) is 1.80. The number of non-ortho nitro benzene ring substituents is 1. The Balaban J connectivity index is 2.57. The van der Waals surface area contributed by atoms with Gasteiger partial charge in [0.25, 0.3) is 11.6 Å². The van der Waals surface area contributed by atoms with E-state index in [0.717, 1.165) is 9.80 Å². The fraction of sp³-hybridized carbons (Fsp3) is 0.182. The van der Waals surface area contributed by atoms with Gasteiger partial charge in [-0.2, -0.15) is 0 Å². The molecule has 1 aliphatic heterocycles.